The molecule has 2 saturated heterocycles. The average molecular weight is 411 g/mol. The fourth-order valence-corrected chi connectivity index (χ4v) is 5.39. The molecule has 1 N–H and O–H groups in total. The first-order valence-electron chi connectivity index (χ1n) is 10.7. The lowest BCUT2D eigenvalue weighted by molar-refractivity contribution is 0.0813. The molecule has 4 rings (SSSR count). The third-order valence-corrected chi connectivity index (χ3v) is 6.98. The van der Waals surface area contributed by atoms with Crippen molar-refractivity contribution in [3.8, 4) is 5.75 Å². The van der Waals surface area contributed by atoms with E-state index in [4.69, 9.17) is 4.74 Å². The van der Waals surface area contributed by atoms with Gasteiger partial charge in [-0.1, -0.05) is 36.4 Å². The Morgan fingerprint density at radius 2 is 1.90 bits per heavy atom. The maximum atomic E-state index is 12.5. The van der Waals surface area contributed by atoms with Gasteiger partial charge in [-0.15, -0.1) is 0 Å². The number of ether oxygens (including phenoxy) is 1. The van der Waals surface area contributed by atoms with Crippen molar-refractivity contribution in [1.82, 2.24) is 10.2 Å². The second kappa shape index (κ2) is 10.2. The molecule has 2 aliphatic heterocycles. The summed E-state index contributed by atoms with van der Waals surface area (Å²) in [7, 11) is 0. The lowest BCUT2D eigenvalue weighted by Crippen LogP contribution is -2.44. The van der Waals surface area contributed by atoms with E-state index in [1.165, 1.54) is 23.5 Å². The van der Waals surface area contributed by atoms with Crippen LogP contribution in [0.1, 0.15) is 35.2 Å². The summed E-state index contributed by atoms with van der Waals surface area (Å²) in [4.78, 5) is 15.1. The number of amides is 1. The summed E-state index contributed by atoms with van der Waals surface area (Å²) in [6.07, 6.45) is 4.54. The standard InChI is InChI=1S/C24H30N2O2S/c27-24(25-13-9-19-5-2-1-3-6-19)20-7-4-8-23(17-20)28-22-10-14-26(15-11-22)21-12-16-29-18-21/h1-8,17,21-22H,9-16,18H2,(H,25,27)/t21-/m0/s1. The molecule has 1 atom stereocenters. The molecule has 5 heteroatoms. The molecule has 2 aromatic carbocycles. The highest BCUT2D eigenvalue weighted by Crippen LogP contribution is 2.26. The number of hydrogen-bond donors (Lipinski definition) is 1. The summed E-state index contributed by atoms with van der Waals surface area (Å²) >= 11 is 2.08. The van der Waals surface area contributed by atoms with Crippen molar-refractivity contribution in [3.05, 3.63) is 65.7 Å². The predicted molar refractivity (Wildman–Crippen MR) is 120 cm³/mol. The van der Waals surface area contributed by atoms with Crippen molar-refractivity contribution >= 4 is 17.7 Å². The Morgan fingerprint density at radius 1 is 1.07 bits per heavy atom. The van der Waals surface area contributed by atoms with Crippen molar-refractivity contribution in [3.63, 3.8) is 0 Å². The number of thioether (sulfide) groups is 1. The van der Waals surface area contributed by atoms with Gasteiger partial charge in [-0.05, 0) is 55.2 Å². The van der Waals surface area contributed by atoms with Crippen LogP contribution in [0.2, 0.25) is 0 Å². The minimum Gasteiger partial charge on any atom is -0.490 e. The third kappa shape index (κ3) is 5.77. The molecule has 29 heavy (non-hydrogen) atoms. The molecule has 0 aromatic heterocycles. The molecule has 0 bridgehead atoms. The maximum absolute atomic E-state index is 12.5. The molecule has 0 aliphatic carbocycles. The number of hydrogen-bond acceptors (Lipinski definition) is 4. The van der Waals surface area contributed by atoms with E-state index in [1.807, 2.05) is 42.5 Å². The molecule has 154 valence electrons. The summed E-state index contributed by atoms with van der Waals surface area (Å²) in [5.41, 5.74) is 1.89. The zero-order valence-electron chi connectivity index (χ0n) is 16.9. The van der Waals surface area contributed by atoms with E-state index in [2.05, 4.69) is 34.1 Å². The van der Waals surface area contributed by atoms with Crippen LogP contribution in [-0.2, 0) is 6.42 Å². The molecule has 2 heterocycles. The molecule has 0 spiro atoms. The summed E-state index contributed by atoms with van der Waals surface area (Å²) in [6, 6.07) is 18.6. The van der Waals surface area contributed by atoms with E-state index in [0.29, 0.717) is 12.1 Å². The topological polar surface area (TPSA) is 41.6 Å². The molecule has 0 saturated carbocycles. The fourth-order valence-electron chi connectivity index (χ4n) is 4.14. The van der Waals surface area contributed by atoms with Gasteiger partial charge in [0.05, 0.1) is 0 Å². The summed E-state index contributed by atoms with van der Waals surface area (Å²) in [5, 5.41) is 3.01. The first-order chi connectivity index (χ1) is 14.3. The van der Waals surface area contributed by atoms with Crippen molar-refractivity contribution in [2.75, 3.05) is 31.1 Å². The number of likely N-dealkylation sites (tertiary alicyclic amines) is 1. The van der Waals surface area contributed by atoms with Gasteiger partial charge in [0.2, 0.25) is 0 Å². The van der Waals surface area contributed by atoms with Crippen molar-refractivity contribution < 1.29 is 9.53 Å². The molecule has 2 aliphatic rings. The monoisotopic (exact) mass is 410 g/mol. The van der Waals surface area contributed by atoms with E-state index in [-0.39, 0.29) is 12.0 Å². The second-order valence-electron chi connectivity index (χ2n) is 7.89. The SMILES string of the molecule is O=C(NCCc1ccccc1)c1cccc(OC2CCN([C@H]3CCSC3)CC2)c1. The largest absolute Gasteiger partial charge is 0.490 e. The van der Waals surface area contributed by atoms with E-state index >= 15 is 0 Å². The van der Waals surface area contributed by atoms with Gasteiger partial charge in [0.25, 0.3) is 5.91 Å². The van der Waals surface area contributed by atoms with Crippen LogP contribution < -0.4 is 10.1 Å². The Morgan fingerprint density at radius 3 is 2.66 bits per heavy atom. The zero-order chi connectivity index (χ0) is 19.9. The highest BCUT2D eigenvalue weighted by Gasteiger charge is 2.28. The van der Waals surface area contributed by atoms with Crippen LogP contribution in [0.3, 0.4) is 0 Å². The van der Waals surface area contributed by atoms with Crippen molar-refractivity contribution in [1.29, 1.82) is 0 Å². The minimum absolute atomic E-state index is 0.0417. The van der Waals surface area contributed by atoms with Gasteiger partial charge in [0.1, 0.15) is 11.9 Å². The number of nitrogens with one attached hydrogen (secondary N) is 1. The van der Waals surface area contributed by atoms with Gasteiger partial charge in [-0.25, -0.2) is 0 Å². The Labute approximate surface area is 178 Å². The van der Waals surface area contributed by atoms with Crippen molar-refractivity contribution in [2.45, 2.75) is 37.8 Å². The highest BCUT2D eigenvalue weighted by atomic mass is 32.2. The maximum Gasteiger partial charge on any atom is 0.251 e. The summed E-state index contributed by atoms with van der Waals surface area (Å²) in [6.45, 7) is 2.87. The number of nitrogens with zero attached hydrogens (tertiary/aromatic N) is 1. The van der Waals surface area contributed by atoms with Crippen LogP contribution in [0.15, 0.2) is 54.6 Å². The Kier molecular flexibility index (Phi) is 7.12. The van der Waals surface area contributed by atoms with Crippen LogP contribution in [0.4, 0.5) is 0 Å². The molecule has 2 aromatic rings. The number of rotatable bonds is 7. The van der Waals surface area contributed by atoms with Gasteiger partial charge in [0, 0.05) is 37.0 Å². The summed E-state index contributed by atoms with van der Waals surface area (Å²) < 4.78 is 6.22. The van der Waals surface area contributed by atoms with Gasteiger partial charge in [-0.3, -0.25) is 9.69 Å². The minimum atomic E-state index is -0.0417. The van der Waals surface area contributed by atoms with Crippen LogP contribution in [0, 0.1) is 0 Å². The van der Waals surface area contributed by atoms with Gasteiger partial charge >= 0.3 is 0 Å². The quantitative estimate of drug-likeness (QED) is 0.749. The number of carbonyl (C=O) groups excluding carboxylic acids is 1. The summed E-state index contributed by atoms with van der Waals surface area (Å²) in [5.74, 6) is 3.35. The highest BCUT2D eigenvalue weighted by molar-refractivity contribution is 7.99. The smallest absolute Gasteiger partial charge is 0.251 e. The Hall–Kier alpha value is -1.98. The molecule has 1 amide bonds. The molecular weight excluding hydrogens is 380 g/mol. The molecule has 2 fully saturated rings. The molecular formula is C24H30N2O2S. The fraction of sp³-hybridized carbons (Fsp3) is 0.458. The number of carbonyl (C=O) groups is 1. The van der Waals surface area contributed by atoms with E-state index < -0.39 is 0 Å². The van der Waals surface area contributed by atoms with Crippen LogP contribution in [-0.4, -0.2) is 54.1 Å². The normalized spacial score (nSPS) is 20.5. The first-order valence-corrected chi connectivity index (χ1v) is 11.8. The third-order valence-electron chi connectivity index (χ3n) is 5.84. The first kappa shape index (κ1) is 20.3. The van der Waals surface area contributed by atoms with Gasteiger partial charge in [-0.2, -0.15) is 11.8 Å². The van der Waals surface area contributed by atoms with Gasteiger partial charge in [0.15, 0.2) is 0 Å². The van der Waals surface area contributed by atoms with Crippen LogP contribution in [0.5, 0.6) is 5.75 Å². The van der Waals surface area contributed by atoms with E-state index in [9.17, 15) is 4.79 Å². The predicted octanol–water partition coefficient (Wildman–Crippen LogP) is 4.01. The number of benzene rings is 2. The Bertz CT molecular complexity index is 784. The van der Waals surface area contributed by atoms with Crippen LogP contribution in [0.25, 0.3) is 0 Å². The van der Waals surface area contributed by atoms with E-state index in [0.717, 1.165) is 44.1 Å². The zero-order valence-corrected chi connectivity index (χ0v) is 17.7. The van der Waals surface area contributed by atoms with E-state index in [1.54, 1.807) is 0 Å². The second-order valence-corrected chi connectivity index (χ2v) is 9.04. The molecule has 0 unspecified atom stereocenters. The Balaban J connectivity index is 1.24. The van der Waals surface area contributed by atoms with Crippen LogP contribution >= 0.6 is 11.8 Å². The van der Waals surface area contributed by atoms with Gasteiger partial charge < -0.3 is 10.1 Å². The number of piperidine rings is 1. The lowest BCUT2D eigenvalue weighted by atomic mass is 10.0. The molecule has 0 radical (unpaired) electrons. The molecule has 4 nitrogen and oxygen atoms in total. The lowest BCUT2D eigenvalue weighted by Gasteiger charge is -2.35. The van der Waals surface area contributed by atoms with Crippen molar-refractivity contribution in [2.24, 2.45) is 0 Å². The average Bonchev–Trinajstić information content (AvgIpc) is 3.30.